The molecule has 0 aliphatic rings. The highest BCUT2D eigenvalue weighted by Gasteiger charge is 2.07. The number of thiazole rings is 1. The summed E-state index contributed by atoms with van der Waals surface area (Å²) in [5.41, 5.74) is 4.34. The molecular formula is C11H9BrN4O2S. The molecule has 1 heterocycles. The van der Waals surface area contributed by atoms with E-state index in [-0.39, 0.29) is 5.69 Å². The molecule has 1 aromatic carbocycles. The lowest BCUT2D eigenvalue weighted by molar-refractivity contribution is -0.384. The number of hydrogen-bond donors (Lipinski definition) is 1. The zero-order chi connectivity index (χ0) is 13.8. The van der Waals surface area contributed by atoms with Gasteiger partial charge in [0.25, 0.3) is 5.69 Å². The number of aryl methyl sites for hydroxylation is 1. The van der Waals surface area contributed by atoms with Crippen LogP contribution in [0.5, 0.6) is 0 Å². The Labute approximate surface area is 121 Å². The van der Waals surface area contributed by atoms with E-state index in [2.05, 4.69) is 31.4 Å². The Hall–Kier alpha value is -1.80. The molecule has 0 aliphatic heterocycles. The van der Waals surface area contributed by atoms with E-state index in [1.54, 1.807) is 6.07 Å². The van der Waals surface area contributed by atoms with Gasteiger partial charge in [0.2, 0.25) is 5.13 Å². The van der Waals surface area contributed by atoms with Crippen LogP contribution in [0.2, 0.25) is 0 Å². The highest BCUT2D eigenvalue weighted by atomic mass is 79.9. The maximum atomic E-state index is 10.7. The average molecular weight is 341 g/mol. The van der Waals surface area contributed by atoms with Gasteiger partial charge in [-0.2, -0.15) is 5.10 Å². The molecule has 6 nitrogen and oxygen atoms in total. The quantitative estimate of drug-likeness (QED) is 0.524. The van der Waals surface area contributed by atoms with Crippen LogP contribution < -0.4 is 5.43 Å². The van der Waals surface area contributed by atoms with Crippen molar-refractivity contribution >= 4 is 44.3 Å². The van der Waals surface area contributed by atoms with Crippen LogP contribution in [0.1, 0.15) is 11.3 Å². The van der Waals surface area contributed by atoms with Crippen molar-refractivity contribution in [1.82, 2.24) is 4.98 Å². The summed E-state index contributed by atoms with van der Waals surface area (Å²) in [6.07, 6.45) is 1.51. The van der Waals surface area contributed by atoms with Crippen LogP contribution >= 0.6 is 27.3 Å². The van der Waals surface area contributed by atoms with E-state index in [4.69, 9.17) is 0 Å². The number of non-ortho nitro benzene ring substituents is 1. The molecule has 0 saturated heterocycles. The number of halogens is 1. The first-order valence-electron chi connectivity index (χ1n) is 5.21. The van der Waals surface area contributed by atoms with E-state index in [1.807, 2.05) is 12.3 Å². The maximum absolute atomic E-state index is 10.7. The molecule has 0 bridgehead atoms. The topological polar surface area (TPSA) is 80.4 Å². The van der Waals surface area contributed by atoms with Crippen molar-refractivity contribution in [3.63, 3.8) is 0 Å². The first kappa shape index (κ1) is 13.6. The Balaban J connectivity index is 2.13. The van der Waals surface area contributed by atoms with Crippen LogP contribution in [0.15, 0.2) is 33.2 Å². The van der Waals surface area contributed by atoms with Crippen LogP contribution in [0.25, 0.3) is 0 Å². The third-order valence-electron chi connectivity index (χ3n) is 2.17. The SMILES string of the molecule is Cc1csc(NN=Cc2cc([N+](=O)[O-])ccc2Br)n1. The fraction of sp³-hybridized carbons (Fsp3) is 0.0909. The number of nitro benzene ring substituents is 1. The van der Waals surface area contributed by atoms with Gasteiger partial charge in [-0.15, -0.1) is 11.3 Å². The van der Waals surface area contributed by atoms with Gasteiger partial charge in [-0.3, -0.25) is 15.5 Å². The van der Waals surface area contributed by atoms with E-state index in [1.165, 1.54) is 29.7 Å². The fourth-order valence-electron chi connectivity index (χ4n) is 1.31. The summed E-state index contributed by atoms with van der Waals surface area (Å²) in [4.78, 5) is 14.4. The Morgan fingerprint density at radius 1 is 1.58 bits per heavy atom. The van der Waals surface area contributed by atoms with Crippen molar-refractivity contribution < 1.29 is 4.92 Å². The summed E-state index contributed by atoms with van der Waals surface area (Å²) < 4.78 is 0.735. The van der Waals surface area contributed by atoms with Crippen molar-refractivity contribution in [3.05, 3.63) is 49.4 Å². The van der Waals surface area contributed by atoms with E-state index in [0.717, 1.165) is 10.2 Å². The second-order valence-corrected chi connectivity index (χ2v) is 5.34. The third kappa shape index (κ3) is 3.58. The monoisotopic (exact) mass is 340 g/mol. The van der Waals surface area contributed by atoms with Gasteiger partial charge in [-0.25, -0.2) is 4.98 Å². The van der Waals surface area contributed by atoms with Crippen molar-refractivity contribution in [2.75, 3.05) is 5.43 Å². The summed E-state index contributed by atoms with van der Waals surface area (Å²) in [6.45, 7) is 1.89. The summed E-state index contributed by atoms with van der Waals surface area (Å²) in [6, 6.07) is 4.49. The number of benzene rings is 1. The van der Waals surface area contributed by atoms with Gasteiger partial charge < -0.3 is 0 Å². The summed E-state index contributed by atoms with van der Waals surface area (Å²) >= 11 is 4.76. The molecule has 0 spiro atoms. The molecule has 19 heavy (non-hydrogen) atoms. The van der Waals surface area contributed by atoms with Gasteiger partial charge >= 0.3 is 0 Å². The van der Waals surface area contributed by atoms with Gasteiger partial charge in [0.15, 0.2) is 0 Å². The molecule has 1 N–H and O–H groups in total. The lowest BCUT2D eigenvalue weighted by Crippen LogP contribution is -1.93. The molecule has 1 aromatic heterocycles. The van der Waals surface area contributed by atoms with Gasteiger partial charge in [-0.1, -0.05) is 15.9 Å². The molecule has 0 aliphatic carbocycles. The number of nitro groups is 1. The number of anilines is 1. The van der Waals surface area contributed by atoms with Crippen LogP contribution in [-0.2, 0) is 0 Å². The number of aromatic nitrogens is 1. The van der Waals surface area contributed by atoms with Crippen LogP contribution in [-0.4, -0.2) is 16.1 Å². The third-order valence-corrected chi connectivity index (χ3v) is 3.76. The molecule has 8 heteroatoms. The molecule has 0 atom stereocenters. The van der Waals surface area contributed by atoms with E-state index in [9.17, 15) is 10.1 Å². The van der Waals surface area contributed by atoms with E-state index < -0.39 is 4.92 Å². The summed E-state index contributed by atoms with van der Waals surface area (Å²) in [5, 5.41) is 17.3. The Bertz CT molecular complexity index is 641. The van der Waals surface area contributed by atoms with Crippen molar-refractivity contribution in [2.45, 2.75) is 6.92 Å². The largest absolute Gasteiger partial charge is 0.270 e. The Morgan fingerprint density at radius 3 is 3.00 bits per heavy atom. The van der Waals surface area contributed by atoms with Crippen molar-refractivity contribution in [2.24, 2.45) is 5.10 Å². The zero-order valence-corrected chi connectivity index (χ0v) is 12.2. The predicted molar refractivity (Wildman–Crippen MR) is 78.9 cm³/mol. The minimum Gasteiger partial charge on any atom is -0.258 e. The molecule has 0 fully saturated rings. The molecule has 2 aromatic rings. The predicted octanol–water partition coefficient (Wildman–Crippen LogP) is 3.57. The molecule has 0 amide bonds. The minimum absolute atomic E-state index is 0.0229. The van der Waals surface area contributed by atoms with Gasteiger partial charge in [-0.05, 0) is 13.0 Å². The first-order chi connectivity index (χ1) is 9.06. The number of nitrogens with one attached hydrogen (secondary N) is 1. The maximum Gasteiger partial charge on any atom is 0.270 e. The molecule has 2 rings (SSSR count). The van der Waals surface area contributed by atoms with Crippen LogP contribution in [0, 0.1) is 17.0 Å². The van der Waals surface area contributed by atoms with Crippen molar-refractivity contribution in [1.29, 1.82) is 0 Å². The van der Waals surface area contributed by atoms with E-state index >= 15 is 0 Å². The van der Waals surface area contributed by atoms with Crippen LogP contribution in [0.4, 0.5) is 10.8 Å². The highest BCUT2D eigenvalue weighted by molar-refractivity contribution is 9.10. The number of hydrazone groups is 1. The lowest BCUT2D eigenvalue weighted by Gasteiger charge is -1.98. The number of nitrogens with zero attached hydrogens (tertiary/aromatic N) is 3. The van der Waals surface area contributed by atoms with Gasteiger partial charge in [0, 0.05) is 27.5 Å². The molecular weight excluding hydrogens is 332 g/mol. The first-order valence-corrected chi connectivity index (χ1v) is 6.88. The standard InChI is InChI=1S/C11H9BrN4O2S/c1-7-6-19-11(14-7)15-13-5-8-4-9(16(17)18)2-3-10(8)12/h2-6H,1H3,(H,14,15). The van der Waals surface area contributed by atoms with E-state index in [0.29, 0.717) is 10.7 Å². The summed E-state index contributed by atoms with van der Waals surface area (Å²) in [5.74, 6) is 0. The van der Waals surface area contributed by atoms with Crippen LogP contribution in [0.3, 0.4) is 0 Å². The summed E-state index contributed by atoms with van der Waals surface area (Å²) in [7, 11) is 0. The van der Waals surface area contributed by atoms with Gasteiger partial charge in [0.1, 0.15) is 0 Å². The smallest absolute Gasteiger partial charge is 0.258 e. The average Bonchev–Trinajstić information content (AvgIpc) is 2.77. The second kappa shape index (κ2) is 5.89. The molecule has 98 valence electrons. The molecule has 0 radical (unpaired) electrons. The highest BCUT2D eigenvalue weighted by Crippen LogP contribution is 2.21. The fourth-order valence-corrected chi connectivity index (χ4v) is 2.29. The number of rotatable bonds is 4. The van der Waals surface area contributed by atoms with Crippen molar-refractivity contribution in [3.8, 4) is 0 Å². The minimum atomic E-state index is -0.443. The molecule has 0 unspecified atom stereocenters. The Kier molecular flexibility index (Phi) is 4.23. The van der Waals surface area contributed by atoms with Gasteiger partial charge in [0.05, 0.1) is 16.8 Å². The lowest BCUT2D eigenvalue weighted by atomic mass is 10.2. The number of hydrogen-bond acceptors (Lipinski definition) is 6. The molecule has 0 saturated carbocycles. The zero-order valence-electron chi connectivity index (χ0n) is 9.83. The Morgan fingerprint density at radius 2 is 2.37 bits per heavy atom. The second-order valence-electron chi connectivity index (χ2n) is 3.63. The normalized spacial score (nSPS) is 10.8.